The average Bonchev–Trinajstić information content (AvgIpc) is 3.12. The number of fused-ring (bicyclic) bond motifs is 6. The Morgan fingerprint density at radius 1 is 0.852 bits per heavy atom. The standard InChI is InChI=1S/C21H14N4O2/c26-25(27)15-7-5-6-14(12-15)13-24-21-19-11-4-2-9-17(19)16-8-1-3-10-18(16)20(21)22-23-24/h1-12H,13H2. The summed E-state index contributed by atoms with van der Waals surface area (Å²) >= 11 is 0. The SMILES string of the molecule is O=[N+]([O-])c1cccc(Cn2nnc3c4ccccc4c4ccccc4c32)c1. The van der Waals surface area contributed by atoms with Gasteiger partial charge in [0.05, 0.1) is 17.0 Å². The minimum atomic E-state index is -0.383. The summed E-state index contributed by atoms with van der Waals surface area (Å²) in [6, 6.07) is 23.0. The molecule has 0 N–H and O–H groups in total. The molecule has 0 saturated heterocycles. The van der Waals surface area contributed by atoms with E-state index in [0.717, 1.165) is 38.1 Å². The van der Waals surface area contributed by atoms with Crippen molar-refractivity contribution in [2.45, 2.75) is 6.54 Å². The molecule has 1 heterocycles. The second kappa shape index (κ2) is 5.88. The zero-order chi connectivity index (χ0) is 18.4. The number of rotatable bonds is 3. The predicted molar refractivity (Wildman–Crippen MR) is 105 cm³/mol. The van der Waals surface area contributed by atoms with Gasteiger partial charge >= 0.3 is 0 Å². The topological polar surface area (TPSA) is 73.8 Å². The molecule has 130 valence electrons. The van der Waals surface area contributed by atoms with Gasteiger partial charge in [0.1, 0.15) is 5.52 Å². The number of benzene rings is 4. The van der Waals surface area contributed by atoms with Gasteiger partial charge < -0.3 is 0 Å². The first-order valence-corrected chi connectivity index (χ1v) is 8.58. The van der Waals surface area contributed by atoms with Gasteiger partial charge in [-0.1, -0.05) is 65.9 Å². The summed E-state index contributed by atoms with van der Waals surface area (Å²) in [5, 5.41) is 24.3. The van der Waals surface area contributed by atoms with Gasteiger partial charge in [-0.2, -0.15) is 0 Å². The minimum Gasteiger partial charge on any atom is -0.258 e. The van der Waals surface area contributed by atoms with E-state index in [1.807, 2.05) is 35.0 Å². The number of non-ortho nitro benzene ring substituents is 1. The molecule has 0 bridgehead atoms. The zero-order valence-corrected chi connectivity index (χ0v) is 14.2. The maximum absolute atomic E-state index is 11.1. The Morgan fingerprint density at radius 3 is 2.26 bits per heavy atom. The van der Waals surface area contributed by atoms with Crippen molar-refractivity contribution >= 4 is 38.3 Å². The molecule has 0 aliphatic carbocycles. The molecular formula is C21H14N4O2. The summed E-state index contributed by atoms with van der Waals surface area (Å²) < 4.78 is 1.82. The van der Waals surface area contributed by atoms with Crippen LogP contribution in [0.15, 0.2) is 72.8 Å². The first-order chi connectivity index (χ1) is 13.2. The third kappa shape index (κ3) is 2.42. The minimum absolute atomic E-state index is 0.0761. The van der Waals surface area contributed by atoms with Gasteiger partial charge in [-0.15, -0.1) is 5.10 Å². The van der Waals surface area contributed by atoms with Gasteiger partial charge in [0.25, 0.3) is 5.69 Å². The quantitative estimate of drug-likeness (QED) is 0.267. The van der Waals surface area contributed by atoms with E-state index in [1.54, 1.807) is 12.1 Å². The fourth-order valence-electron chi connectivity index (χ4n) is 3.66. The summed E-state index contributed by atoms with van der Waals surface area (Å²) in [4.78, 5) is 10.7. The predicted octanol–water partition coefficient (Wildman–Crippen LogP) is 4.69. The molecule has 0 aliphatic rings. The van der Waals surface area contributed by atoms with E-state index >= 15 is 0 Å². The summed E-state index contributed by atoms with van der Waals surface area (Å²) in [7, 11) is 0. The monoisotopic (exact) mass is 354 g/mol. The molecule has 6 nitrogen and oxygen atoms in total. The lowest BCUT2D eigenvalue weighted by molar-refractivity contribution is -0.384. The lowest BCUT2D eigenvalue weighted by Crippen LogP contribution is -2.03. The van der Waals surface area contributed by atoms with Gasteiger partial charge in [0.15, 0.2) is 0 Å². The summed E-state index contributed by atoms with van der Waals surface area (Å²) in [5.41, 5.74) is 2.67. The van der Waals surface area contributed by atoms with Gasteiger partial charge in [-0.25, -0.2) is 4.68 Å². The Balaban J connectivity index is 1.77. The second-order valence-electron chi connectivity index (χ2n) is 6.46. The zero-order valence-electron chi connectivity index (χ0n) is 14.2. The molecule has 0 fully saturated rings. The molecule has 0 radical (unpaired) electrons. The molecule has 1 aromatic heterocycles. The van der Waals surface area contributed by atoms with Crippen molar-refractivity contribution in [1.82, 2.24) is 15.0 Å². The summed E-state index contributed by atoms with van der Waals surface area (Å²) in [5.74, 6) is 0. The van der Waals surface area contributed by atoms with Crippen LogP contribution in [0.3, 0.4) is 0 Å². The van der Waals surface area contributed by atoms with Crippen molar-refractivity contribution in [3.8, 4) is 0 Å². The Kier molecular flexibility index (Phi) is 3.36. The maximum atomic E-state index is 11.1. The van der Waals surface area contributed by atoms with E-state index in [-0.39, 0.29) is 10.6 Å². The summed E-state index contributed by atoms with van der Waals surface area (Å²) in [6.07, 6.45) is 0. The molecule has 0 spiro atoms. The molecule has 0 atom stereocenters. The summed E-state index contributed by atoms with van der Waals surface area (Å²) in [6.45, 7) is 0.417. The highest BCUT2D eigenvalue weighted by atomic mass is 16.6. The second-order valence-corrected chi connectivity index (χ2v) is 6.46. The van der Waals surface area contributed by atoms with Crippen molar-refractivity contribution in [3.05, 3.63) is 88.5 Å². The Morgan fingerprint density at radius 2 is 1.52 bits per heavy atom. The van der Waals surface area contributed by atoms with E-state index in [0.29, 0.717) is 6.54 Å². The van der Waals surface area contributed by atoms with E-state index in [4.69, 9.17) is 0 Å². The van der Waals surface area contributed by atoms with Crippen molar-refractivity contribution in [1.29, 1.82) is 0 Å². The Labute approximate surface area is 153 Å². The molecule has 5 rings (SSSR count). The van der Waals surface area contributed by atoms with Crippen LogP contribution >= 0.6 is 0 Å². The Hall–Kier alpha value is -3.80. The van der Waals surface area contributed by atoms with Crippen LogP contribution in [-0.4, -0.2) is 19.9 Å². The first-order valence-electron chi connectivity index (χ1n) is 8.58. The molecule has 5 aromatic rings. The number of nitrogens with zero attached hydrogens (tertiary/aromatic N) is 4. The molecule has 4 aromatic carbocycles. The lowest BCUT2D eigenvalue weighted by atomic mass is 10.00. The van der Waals surface area contributed by atoms with Crippen LogP contribution in [0.1, 0.15) is 5.56 Å². The first kappa shape index (κ1) is 15.5. The van der Waals surface area contributed by atoms with Crippen LogP contribution in [0.2, 0.25) is 0 Å². The van der Waals surface area contributed by atoms with E-state index < -0.39 is 0 Å². The number of aromatic nitrogens is 3. The number of nitro groups is 1. The van der Waals surface area contributed by atoms with Gasteiger partial charge in [0.2, 0.25) is 0 Å². The van der Waals surface area contributed by atoms with Gasteiger partial charge in [-0.05, 0) is 16.3 Å². The van der Waals surface area contributed by atoms with Crippen LogP contribution in [0.25, 0.3) is 32.6 Å². The Bertz CT molecular complexity index is 1340. The molecular weight excluding hydrogens is 340 g/mol. The normalized spacial score (nSPS) is 11.4. The number of hydrogen-bond donors (Lipinski definition) is 0. The molecule has 0 aliphatic heterocycles. The van der Waals surface area contributed by atoms with Crippen LogP contribution in [0, 0.1) is 10.1 Å². The molecule has 0 saturated carbocycles. The van der Waals surface area contributed by atoms with Crippen molar-refractivity contribution in [2.24, 2.45) is 0 Å². The fraction of sp³-hybridized carbons (Fsp3) is 0.0476. The van der Waals surface area contributed by atoms with Crippen LogP contribution in [0.5, 0.6) is 0 Å². The largest absolute Gasteiger partial charge is 0.269 e. The molecule has 6 heteroatoms. The number of nitro benzene ring substituents is 1. The average molecular weight is 354 g/mol. The van der Waals surface area contributed by atoms with Crippen LogP contribution in [-0.2, 0) is 6.54 Å². The smallest absolute Gasteiger partial charge is 0.258 e. The van der Waals surface area contributed by atoms with E-state index in [2.05, 4.69) is 34.6 Å². The van der Waals surface area contributed by atoms with Crippen LogP contribution < -0.4 is 0 Å². The highest BCUT2D eigenvalue weighted by Gasteiger charge is 2.15. The maximum Gasteiger partial charge on any atom is 0.269 e. The molecule has 27 heavy (non-hydrogen) atoms. The fourth-order valence-corrected chi connectivity index (χ4v) is 3.66. The van der Waals surface area contributed by atoms with E-state index in [1.165, 1.54) is 6.07 Å². The van der Waals surface area contributed by atoms with Gasteiger partial charge in [-0.3, -0.25) is 10.1 Å². The third-order valence-corrected chi connectivity index (χ3v) is 4.84. The molecule has 0 amide bonds. The van der Waals surface area contributed by atoms with Crippen LogP contribution in [0.4, 0.5) is 5.69 Å². The highest BCUT2D eigenvalue weighted by molar-refractivity contribution is 6.23. The molecule has 0 unspecified atom stereocenters. The van der Waals surface area contributed by atoms with Crippen molar-refractivity contribution in [3.63, 3.8) is 0 Å². The number of hydrogen-bond acceptors (Lipinski definition) is 4. The van der Waals surface area contributed by atoms with Gasteiger partial charge in [0, 0.05) is 22.9 Å². The van der Waals surface area contributed by atoms with Crippen molar-refractivity contribution < 1.29 is 4.92 Å². The third-order valence-electron chi connectivity index (χ3n) is 4.84. The van der Waals surface area contributed by atoms with Crippen molar-refractivity contribution in [2.75, 3.05) is 0 Å². The highest BCUT2D eigenvalue weighted by Crippen LogP contribution is 2.33. The lowest BCUT2D eigenvalue weighted by Gasteiger charge is -2.08. The van der Waals surface area contributed by atoms with E-state index in [9.17, 15) is 10.1 Å².